The second kappa shape index (κ2) is 14.1. The molecule has 0 heterocycles. The zero-order valence-electron chi connectivity index (χ0n) is 20.0. The van der Waals surface area contributed by atoms with Gasteiger partial charge in [-0.05, 0) is 30.0 Å². The van der Waals surface area contributed by atoms with Crippen LogP contribution in [0.3, 0.4) is 0 Å². The topological polar surface area (TPSA) is 252 Å². The van der Waals surface area contributed by atoms with Crippen molar-refractivity contribution < 1.29 is 51.3 Å². The zero-order valence-corrected chi connectivity index (χ0v) is 20.9. The lowest BCUT2D eigenvalue weighted by Crippen LogP contribution is -2.58. The van der Waals surface area contributed by atoms with Crippen molar-refractivity contribution in [2.45, 2.75) is 51.2 Å². The van der Waals surface area contributed by atoms with E-state index in [4.69, 9.17) is 15.4 Å². The smallest absolute Gasteiger partial charge is 0.446 e. The zero-order chi connectivity index (χ0) is 28.3. The number of rotatable bonds is 15. The van der Waals surface area contributed by atoms with Crippen LogP contribution in [0.15, 0.2) is 24.3 Å². The predicted octanol–water partition coefficient (Wildman–Crippen LogP) is -1.57. The lowest BCUT2D eigenvalue weighted by Gasteiger charge is -2.26. The number of benzene rings is 1. The molecule has 1 aromatic rings. The Labute approximate surface area is 212 Å². The van der Waals surface area contributed by atoms with Crippen LogP contribution in [-0.4, -0.2) is 77.5 Å². The molecule has 16 heteroatoms. The molecule has 8 N–H and O–H groups in total. The lowest BCUT2D eigenvalue weighted by molar-refractivity contribution is -0.143. The minimum atomic E-state index is -4.74. The van der Waals surface area contributed by atoms with Gasteiger partial charge in [-0.15, -0.1) is 0 Å². The number of nitrogens with one attached hydrogen (secondary N) is 3. The van der Waals surface area contributed by atoms with Gasteiger partial charge in [-0.3, -0.25) is 23.7 Å². The summed E-state index contributed by atoms with van der Waals surface area (Å²) in [5.41, 5.74) is 5.76. The van der Waals surface area contributed by atoms with Crippen LogP contribution in [0.2, 0.25) is 0 Å². The second-order valence-corrected chi connectivity index (χ2v) is 9.27. The molecule has 0 aliphatic heterocycles. The van der Waals surface area contributed by atoms with Crippen LogP contribution in [0.25, 0.3) is 0 Å². The van der Waals surface area contributed by atoms with Crippen molar-refractivity contribution in [2.24, 2.45) is 11.7 Å². The molecular weight excluding hydrogens is 516 g/mol. The number of aliphatic carboxylic acids is 2. The van der Waals surface area contributed by atoms with Crippen LogP contribution in [0.4, 0.5) is 0 Å². The van der Waals surface area contributed by atoms with Crippen LogP contribution < -0.4 is 25.9 Å². The van der Waals surface area contributed by atoms with Crippen molar-refractivity contribution >= 4 is 40.1 Å². The molecular formula is C21H30N4O11S. The van der Waals surface area contributed by atoms with Crippen LogP contribution in [0.1, 0.15) is 32.3 Å². The number of carboxylic acids is 2. The van der Waals surface area contributed by atoms with Gasteiger partial charge in [0.2, 0.25) is 17.7 Å². The largest absolute Gasteiger partial charge is 0.481 e. The molecule has 206 valence electrons. The third-order valence-electron chi connectivity index (χ3n) is 4.91. The quantitative estimate of drug-likeness (QED) is 0.123. The molecule has 0 fully saturated rings. The molecule has 0 radical (unpaired) electrons. The van der Waals surface area contributed by atoms with Crippen molar-refractivity contribution in [2.75, 3.05) is 6.54 Å². The summed E-state index contributed by atoms with van der Waals surface area (Å²) < 4.78 is 34.7. The summed E-state index contributed by atoms with van der Waals surface area (Å²) >= 11 is 0. The summed E-state index contributed by atoms with van der Waals surface area (Å²) in [6.07, 6.45) is -0.995. The van der Waals surface area contributed by atoms with Gasteiger partial charge in [-0.25, -0.2) is 4.79 Å². The lowest BCUT2D eigenvalue weighted by atomic mass is 10.00. The molecule has 3 atom stereocenters. The fraction of sp³-hybridized carbons (Fsp3) is 0.476. The first-order valence-electron chi connectivity index (χ1n) is 10.9. The van der Waals surface area contributed by atoms with E-state index in [1.165, 1.54) is 24.3 Å². The summed E-state index contributed by atoms with van der Waals surface area (Å²) in [4.78, 5) is 59.9. The average Bonchev–Trinajstić information content (AvgIpc) is 2.78. The Balaban J connectivity index is 3.05. The van der Waals surface area contributed by atoms with E-state index in [9.17, 15) is 37.5 Å². The van der Waals surface area contributed by atoms with Gasteiger partial charge in [0.1, 0.15) is 23.9 Å². The Hall–Kier alpha value is -3.76. The van der Waals surface area contributed by atoms with Crippen molar-refractivity contribution in [3.63, 3.8) is 0 Å². The van der Waals surface area contributed by atoms with Gasteiger partial charge < -0.3 is 36.1 Å². The highest BCUT2D eigenvalue weighted by atomic mass is 32.3. The van der Waals surface area contributed by atoms with E-state index in [1.807, 2.05) is 0 Å². The maximum absolute atomic E-state index is 13.0. The Kier molecular flexibility index (Phi) is 11.9. The number of carbonyl (C=O) groups excluding carboxylic acids is 3. The fourth-order valence-electron chi connectivity index (χ4n) is 3.08. The molecule has 3 amide bonds. The highest BCUT2D eigenvalue weighted by Gasteiger charge is 2.31. The second-order valence-electron chi connectivity index (χ2n) is 8.25. The van der Waals surface area contributed by atoms with E-state index >= 15 is 0 Å². The normalized spacial score (nSPS) is 13.6. The third kappa shape index (κ3) is 11.7. The fourth-order valence-corrected chi connectivity index (χ4v) is 3.43. The van der Waals surface area contributed by atoms with Gasteiger partial charge in [0, 0.05) is 12.8 Å². The van der Waals surface area contributed by atoms with Crippen LogP contribution in [0.5, 0.6) is 5.75 Å². The molecule has 0 saturated carbocycles. The molecule has 0 aliphatic carbocycles. The standard InChI is InChI=1S/C21H30N4O11S/c1-11(2)18(20(30)24-14(21(31)32)7-8-17(27)28)25-19(29)15(23-16(26)10-22)9-12-3-5-13(6-4-12)36-37(33,34)35/h3-6,11,14-15,18H,7-10,22H2,1-2H3,(H,23,26)(H,24,30)(H,25,29)(H,27,28)(H,31,32)(H,33,34,35)/t14-,15-,18-/m0/s1. The monoisotopic (exact) mass is 546 g/mol. The van der Waals surface area contributed by atoms with Crippen LogP contribution >= 0.6 is 0 Å². The van der Waals surface area contributed by atoms with Gasteiger partial charge in [-0.1, -0.05) is 26.0 Å². The molecule has 15 nitrogen and oxygen atoms in total. The van der Waals surface area contributed by atoms with Gasteiger partial charge in [0.15, 0.2) is 0 Å². The molecule has 1 aromatic carbocycles. The summed E-state index contributed by atoms with van der Waals surface area (Å²) in [5.74, 6) is -5.77. The molecule has 0 aromatic heterocycles. The van der Waals surface area contributed by atoms with Crippen LogP contribution in [-0.2, 0) is 40.8 Å². The number of hydrogen-bond donors (Lipinski definition) is 7. The minimum Gasteiger partial charge on any atom is -0.481 e. The highest BCUT2D eigenvalue weighted by molar-refractivity contribution is 7.81. The van der Waals surface area contributed by atoms with E-state index in [1.54, 1.807) is 13.8 Å². The first-order valence-corrected chi connectivity index (χ1v) is 12.3. The maximum Gasteiger partial charge on any atom is 0.446 e. The SMILES string of the molecule is CC(C)[C@H](NC(=O)[C@H](Cc1ccc(OS(=O)(=O)O)cc1)NC(=O)CN)C(=O)N[C@@H](CCC(=O)O)C(=O)O. The Bertz CT molecular complexity index is 1090. The van der Waals surface area contributed by atoms with Crippen molar-refractivity contribution in [3.8, 4) is 5.75 Å². The van der Waals surface area contributed by atoms with Gasteiger partial charge in [0.05, 0.1) is 6.54 Å². The van der Waals surface area contributed by atoms with E-state index in [0.717, 1.165) is 0 Å². The van der Waals surface area contributed by atoms with Gasteiger partial charge in [0.25, 0.3) is 0 Å². The Morgan fingerprint density at radius 3 is 2.00 bits per heavy atom. The third-order valence-corrected chi connectivity index (χ3v) is 5.31. The first kappa shape index (κ1) is 31.3. The van der Waals surface area contributed by atoms with Gasteiger partial charge in [-0.2, -0.15) is 8.42 Å². The van der Waals surface area contributed by atoms with Crippen molar-refractivity contribution in [1.29, 1.82) is 0 Å². The summed E-state index contributed by atoms with van der Waals surface area (Å²) in [6.45, 7) is 2.72. The van der Waals surface area contributed by atoms with Crippen LogP contribution in [0, 0.1) is 5.92 Å². The van der Waals surface area contributed by atoms with Crippen molar-refractivity contribution in [1.82, 2.24) is 16.0 Å². The number of hydrogen-bond acceptors (Lipinski definition) is 9. The Morgan fingerprint density at radius 1 is 0.946 bits per heavy atom. The minimum absolute atomic E-state index is 0.119. The average molecular weight is 547 g/mol. The van der Waals surface area contributed by atoms with E-state index in [0.29, 0.717) is 5.56 Å². The molecule has 0 bridgehead atoms. The maximum atomic E-state index is 13.0. The predicted molar refractivity (Wildman–Crippen MR) is 127 cm³/mol. The molecule has 37 heavy (non-hydrogen) atoms. The molecule has 0 spiro atoms. The molecule has 0 saturated heterocycles. The molecule has 0 unspecified atom stereocenters. The van der Waals surface area contributed by atoms with E-state index in [-0.39, 0.29) is 18.6 Å². The first-order chi connectivity index (χ1) is 17.1. The summed E-state index contributed by atoms with van der Waals surface area (Å²) in [6, 6.07) is 1.19. The number of amides is 3. The number of carbonyl (C=O) groups is 5. The Morgan fingerprint density at radius 2 is 1.54 bits per heavy atom. The van der Waals surface area contributed by atoms with Gasteiger partial charge >= 0.3 is 22.3 Å². The summed E-state index contributed by atoms with van der Waals surface area (Å²) in [7, 11) is -4.74. The van der Waals surface area contributed by atoms with E-state index < -0.39 is 77.1 Å². The number of carboxylic acid groups (broad SMARTS) is 2. The number of nitrogens with two attached hydrogens (primary N) is 1. The van der Waals surface area contributed by atoms with Crippen molar-refractivity contribution in [3.05, 3.63) is 29.8 Å². The van der Waals surface area contributed by atoms with E-state index in [2.05, 4.69) is 20.1 Å². The summed E-state index contributed by atoms with van der Waals surface area (Å²) in [5, 5.41) is 25.2. The highest BCUT2D eigenvalue weighted by Crippen LogP contribution is 2.15. The molecule has 1 rings (SSSR count). The molecule has 0 aliphatic rings.